The molecule has 1 aromatic rings. The number of aryl methyl sites for hydroxylation is 1. The average molecular weight is 286 g/mol. The maximum absolute atomic E-state index is 11.6. The van der Waals surface area contributed by atoms with E-state index in [0.717, 1.165) is 0 Å². The molecule has 0 aliphatic heterocycles. The van der Waals surface area contributed by atoms with E-state index in [4.69, 9.17) is 14.9 Å². The number of esters is 1. The quantitative estimate of drug-likeness (QED) is 0.421. The van der Waals surface area contributed by atoms with Crippen molar-refractivity contribution in [2.45, 2.75) is 25.2 Å². The summed E-state index contributed by atoms with van der Waals surface area (Å²) >= 11 is 0. The number of rotatable bonds is 6. The summed E-state index contributed by atoms with van der Waals surface area (Å²) < 4.78 is 4.75. The molecule has 0 aliphatic carbocycles. The maximum Gasteiger partial charge on any atom is 0.338 e. The van der Waals surface area contributed by atoms with Crippen molar-refractivity contribution in [1.29, 1.82) is 0 Å². The zero-order valence-electron chi connectivity index (χ0n) is 10.9. The summed E-state index contributed by atoms with van der Waals surface area (Å²) in [4.78, 5) is 11.6. The smallest absolute Gasteiger partial charge is 0.338 e. The Balaban J connectivity index is 2.56. The molecule has 0 heterocycles. The predicted molar refractivity (Wildman–Crippen MR) is 68.2 cm³/mol. The van der Waals surface area contributed by atoms with E-state index in [2.05, 4.69) is 0 Å². The second-order valence-electron chi connectivity index (χ2n) is 4.41. The van der Waals surface area contributed by atoms with Crippen molar-refractivity contribution in [3.8, 4) is 5.75 Å². The minimum atomic E-state index is -1.63. The molecule has 0 aromatic heterocycles. The van der Waals surface area contributed by atoms with Gasteiger partial charge in [-0.2, -0.15) is 0 Å². The molecule has 1 aromatic carbocycles. The Bertz CT molecular complexity index is 460. The molecular formula is C13H18O7. The van der Waals surface area contributed by atoms with E-state index in [9.17, 15) is 20.1 Å². The summed E-state index contributed by atoms with van der Waals surface area (Å²) in [6.07, 6.45) is -4.67. The van der Waals surface area contributed by atoms with Gasteiger partial charge < -0.3 is 30.3 Å². The molecule has 20 heavy (non-hydrogen) atoms. The highest BCUT2D eigenvalue weighted by atomic mass is 16.5. The van der Waals surface area contributed by atoms with Gasteiger partial charge in [-0.15, -0.1) is 0 Å². The van der Waals surface area contributed by atoms with Gasteiger partial charge in [0, 0.05) is 0 Å². The minimum absolute atomic E-state index is 0.0595. The number of phenolic OH excluding ortho intramolecular Hbond substituents is 1. The van der Waals surface area contributed by atoms with Gasteiger partial charge in [-0.3, -0.25) is 0 Å². The Kier molecular flexibility index (Phi) is 5.90. The number of phenols is 1. The minimum Gasteiger partial charge on any atom is -0.508 e. The molecule has 5 N–H and O–H groups in total. The first kappa shape index (κ1) is 16.4. The summed E-state index contributed by atoms with van der Waals surface area (Å²) in [6, 6.07) is 4.21. The third kappa shape index (κ3) is 4.17. The maximum atomic E-state index is 11.6. The fourth-order valence-corrected chi connectivity index (χ4v) is 1.44. The van der Waals surface area contributed by atoms with Crippen molar-refractivity contribution in [3.05, 3.63) is 29.3 Å². The van der Waals surface area contributed by atoms with E-state index >= 15 is 0 Å². The number of aromatic hydroxyl groups is 1. The van der Waals surface area contributed by atoms with Crippen LogP contribution in [0.15, 0.2) is 18.2 Å². The van der Waals surface area contributed by atoms with E-state index in [0.29, 0.717) is 5.56 Å². The summed E-state index contributed by atoms with van der Waals surface area (Å²) in [7, 11) is 0. The molecule has 0 saturated heterocycles. The van der Waals surface area contributed by atoms with Crippen LogP contribution in [-0.4, -0.2) is 63.0 Å². The average Bonchev–Trinajstić information content (AvgIpc) is 2.45. The van der Waals surface area contributed by atoms with Crippen LogP contribution in [0.4, 0.5) is 0 Å². The predicted octanol–water partition coefficient (Wildman–Crippen LogP) is -1.07. The Labute approximate surface area is 115 Å². The number of carbonyl (C=O) groups is 1. The molecule has 3 unspecified atom stereocenters. The van der Waals surface area contributed by atoms with Crippen molar-refractivity contribution in [2.75, 3.05) is 13.2 Å². The molecule has 7 nitrogen and oxygen atoms in total. The summed E-state index contributed by atoms with van der Waals surface area (Å²) in [5.74, 6) is -0.847. The highest BCUT2D eigenvalue weighted by Crippen LogP contribution is 2.18. The summed E-state index contributed by atoms with van der Waals surface area (Å²) in [5.41, 5.74) is 0.695. The number of hydrogen-bond acceptors (Lipinski definition) is 7. The van der Waals surface area contributed by atoms with Crippen LogP contribution in [-0.2, 0) is 4.74 Å². The Morgan fingerprint density at radius 1 is 1.25 bits per heavy atom. The highest BCUT2D eigenvalue weighted by molar-refractivity contribution is 5.90. The van der Waals surface area contributed by atoms with Crippen molar-refractivity contribution in [2.24, 2.45) is 0 Å². The largest absolute Gasteiger partial charge is 0.508 e. The number of aliphatic hydroxyl groups is 4. The number of carbonyl (C=O) groups excluding carboxylic acids is 1. The van der Waals surface area contributed by atoms with Gasteiger partial charge in [0.15, 0.2) is 0 Å². The van der Waals surface area contributed by atoms with Gasteiger partial charge in [0.2, 0.25) is 0 Å². The van der Waals surface area contributed by atoms with Crippen molar-refractivity contribution < 1.29 is 35.1 Å². The molecule has 0 bridgehead atoms. The van der Waals surface area contributed by atoms with Crippen molar-refractivity contribution in [3.63, 3.8) is 0 Å². The Hall–Kier alpha value is -1.67. The van der Waals surface area contributed by atoms with Crippen LogP contribution >= 0.6 is 0 Å². The van der Waals surface area contributed by atoms with E-state index in [1.807, 2.05) is 0 Å². The molecule has 0 saturated carbocycles. The van der Waals surface area contributed by atoms with Crippen LogP contribution in [0.5, 0.6) is 5.75 Å². The lowest BCUT2D eigenvalue weighted by molar-refractivity contribution is -0.0925. The Morgan fingerprint density at radius 2 is 1.90 bits per heavy atom. The Morgan fingerprint density at radius 3 is 2.45 bits per heavy atom. The SMILES string of the molecule is Cc1ccc(C(=O)OCC(O)C(O)C(O)CO)cc1O. The van der Waals surface area contributed by atoms with Gasteiger partial charge in [0.25, 0.3) is 0 Å². The standard InChI is InChI=1S/C13H18O7/c1-7-2-3-8(4-9(7)15)13(19)20-6-11(17)12(18)10(16)5-14/h2-4,10-12,14-18H,5-6H2,1H3. The number of ether oxygens (including phenoxy) is 1. The molecule has 0 fully saturated rings. The van der Waals surface area contributed by atoms with E-state index < -0.39 is 37.5 Å². The summed E-state index contributed by atoms with van der Waals surface area (Å²) in [5, 5.41) is 46.0. The third-order valence-corrected chi connectivity index (χ3v) is 2.81. The molecule has 7 heteroatoms. The highest BCUT2D eigenvalue weighted by Gasteiger charge is 2.25. The lowest BCUT2D eigenvalue weighted by Gasteiger charge is -2.21. The molecular weight excluding hydrogens is 268 g/mol. The van der Waals surface area contributed by atoms with E-state index in [1.54, 1.807) is 6.92 Å². The first-order chi connectivity index (χ1) is 9.36. The van der Waals surface area contributed by atoms with Gasteiger partial charge in [-0.05, 0) is 24.6 Å². The van der Waals surface area contributed by atoms with Crippen LogP contribution in [0.1, 0.15) is 15.9 Å². The fraction of sp³-hybridized carbons (Fsp3) is 0.462. The van der Waals surface area contributed by atoms with Crippen LogP contribution < -0.4 is 0 Å². The lowest BCUT2D eigenvalue weighted by atomic mass is 10.1. The topological polar surface area (TPSA) is 127 Å². The van der Waals surface area contributed by atoms with Crippen molar-refractivity contribution >= 4 is 5.97 Å². The van der Waals surface area contributed by atoms with Gasteiger partial charge in [-0.25, -0.2) is 4.79 Å². The molecule has 0 radical (unpaired) electrons. The molecule has 0 aliphatic rings. The normalized spacial score (nSPS) is 15.4. The second kappa shape index (κ2) is 7.20. The summed E-state index contributed by atoms with van der Waals surface area (Å²) in [6.45, 7) is 0.393. The van der Waals surface area contributed by atoms with Crippen LogP contribution in [0.3, 0.4) is 0 Å². The first-order valence-electron chi connectivity index (χ1n) is 5.98. The molecule has 0 spiro atoms. The molecule has 112 valence electrons. The van der Waals surface area contributed by atoms with Gasteiger partial charge >= 0.3 is 5.97 Å². The zero-order chi connectivity index (χ0) is 15.3. The first-order valence-corrected chi connectivity index (χ1v) is 5.98. The van der Waals surface area contributed by atoms with Gasteiger partial charge in [0.05, 0.1) is 12.2 Å². The van der Waals surface area contributed by atoms with Crippen molar-refractivity contribution in [1.82, 2.24) is 0 Å². The van der Waals surface area contributed by atoms with Crippen LogP contribution in [0.25, 0.3) is 0 Å². The lowest BCUT2D eigenvalue weighted by Crippen LogP contribution is -2.42. The number of hydrogen-bond donors (Lipinski definition) is 5. The third-order valence-electron chi connectivity index (χ3n) is 2.81. The molecule has 1 rings (SSSR count). The van der Waals surface area contributed by atoms with E-state index in [-0.39, 0.29) is 11.3 Å². The number of benzene rings is 1. The van der Waals surface area contributed by atoms with Crippen LogP contribution in [0, 0.1) is 6.92 Å². The second-order valence-corrected chi connectivity index (χ2v) is 4.41. The van der Waals surface area contributed by atoms with Gasteiger partial charge in [0.1, 0.15) is 30.7 Å². The van der Waals surface area contributed by atoms with Gasteiger partial charge in [-0.1, -0.05) is 6.07 Å². The van der Waals surface area contributed by atoms with E-state index in [1.165, 1.54) is 18.2 Å². The molecule has 3 atom stereocenters. The van der Waals surface area contributed by atoms with Crippen LogP contribution in [0.2, 0.25) is 0 Å². The fourth-order valence-electron chi connectivity index (χ4n) is 1.44. The monoisotopic (exact) mass is 286 g/mol. The molecule has 0 amide bonds. The number of aliphatic hydroxyl groups excluding tert-OH is 4. The zero-order valence-corrected chi connectivity index (χ0v) is 10.9.